The van der Waals surface area contributed by atoms with Crippen molar-refractivity contribution in [1.29, 1.82) is 0 Å². The van der Waals surface area contributed by atoms with Crippen molar-refractivity contribution in [3.05, 3.63) is 36.7 Å². The van der Waals surface area contributed by atoms with Crippen LogP contribution in [0.1, 0.15) is 32.3 Å². The van der Waals surface area contributed by atoms with Crippen LogP contribution in [0.2, 0.25) is 0 Å². The fourth-order valence-corrected chi connectivity index (χ4v) is 1.41. The lowest BCUT2D eigenvalue weighted by Gasteiger charge is -2.12. The molecular formula is C14H22N2O. The zero-order valence-electron chi connectivity index (χ0n) is 10.8. The quantitative estimate of drug-likeness (QED) is 0.554. The van der Waals surface area contributed by atoms with E-state index in [1.807, 2.05) is 18.3 Å². The average molecular weight is 234 g/mol. The van der Waals surface area contributed by atoms with Gasteiger partial charge in [-0.2, -0.15) is 0 Å². The first-order valence-electron chi connectivity index (χ1n) is 6.14. The molecule has 1 heterocycles. The highest BCUT2D eigenvalue weighted by molar-refractivity contribution is 5.29. The molecule has 0 unspecified atom stereocenters. The highest BCUT2D eigenvalue weighted by atomic mass is 16.5. The summed E-state index contributed by atoms with van der Waals surface area (Å²) in [5.74, 6) is 0.928. The van der Waals surface area contributed by atoms with Crippen LogP contribution in [0.25, 0.3) is 0 Å². The van der Waals surface area contributed by atoms with E-state index in [0.717, 1.165) is 37.3 Å². The third kappa shape index (κ3) is 5.50. The third-order valence-electron chi connectivity index (χ3n) is 2.37. The van der Waals surface area contributed by atoms with Gasteiger partial charge >= 0.3 is 0 Å². The molecule has 0 saturated heterocycles. The SMILES string of the molecule is C=CCCCOc1ccncc1CNC(C)C. The summed E-state index contributed by atoms with van der Waals surface area (Å²) in [4.78, 5) is 4.13. The fraction of sp³-hybridized carbons (Fsp3) is 0.500. The Kier molecular flexibility index (Phi) is 6.33. The minimum absolute atomic E-state index is 0.462. The largest absolute Gasteiger partial charge is 0.493 e. The van der Waals surface area contributed by atoms with Crippen LogP contribution in [-0.4, -0.2) is 17.6 Å². The maximum atomic E-state index is 5.74. The molecule has 0 amide bonds. The Morgan fingerprint density at radius 2 is 2.35 bits per heavy atom. The molecule has 0 fully saturated rings. The van der Waals surface area contributed by atoms with Gasteiger partial charge in [-0.15, -0.1) is 6.58 Å². The summed E-state index contributed by atoms with van der Waals surface area (Å²) in [5.41, 5.74) is 1.11. The number of nitrogens with one attached hydrogen (secondary N) is 1. The summed E-state index contributed by atoms with van der Waals surface area (Å²) < 4.78 is 5.74. The molecule has 1 rings (SSSR count). The maximum Gasteiger partial charge on any atom is 0.126 e. The molecular weight excluding hydrogens is 212 g/mol. The zero-order valence-corrected chi connectivity index (χ0v) is 10.8. The Bertz CT molecular complexity index is 337. The second-order valence-corrected chi connectivity index (χ2v) is 4.30. The molecule has 0 spiro atoms. The van der Waals surface area contributed by atoms with Crippen LogP contribution in [0, 0.1) is 0 Å². The molecule has 0 aliphatic carbocycles. The fourth-order valence-electron chi connectivity index (χ4n) is 1.41. The van der Waals surface area contributed by atoms with Gasteiger partial charge in [-0.1, -0.05) is 19.9 Å². The number of hydrogen-bond acceptors (Lipinski definition) is 3. The van der Waals surface area contributed by atoms with Gasteiger partial charge in [0.25, 0.3) is 0 Å². The summed E-state index contributed by atoms with van der Waals surface area (Å²) in [6, 6.07) is 2.38. The van der Waals surface area contributed by atoms with Crippen molar-refractivity contribution in [2.45, 2.75) is 39.3 Å². The van der Waals surface area contributed by atoms with Crippen molar-refractivity contribution < 1.29 is 4.74 Å². The Morgan fingerprint density at radius 3 is 3.06 bits per heavy atom. The van der Waals surface area contributed by atoms with Gasteiger partial charge in [0.1, 0.15) is 5.75 Å². The molecule has 0 aromatic carbocycles. The predicted octanol–water partition coefficient (Wildman–Crippen LogP) is 2.92. The van der Waals surface area contributed by atoms with Gasteiger partial charge < -0.3 is 10.1 Å². The van der Waals surface area contributed by atoms with E-state index in [1.165, 1.54) is 0 Å². The van der Waals surface area contributed by atoms with Crippen LogP contribution < -0.4 is 10.1 Å². The van der Waals surface area contributed by atoms with Gasteiger partial charge in [0.2, 0.25) is 0 Å². The molecule has 0 aliphatic heterocycles. The molecule has 0 saturated carbocycles. The highest BCUT2D eigenvalue weighted by Crippen LogP contribution is 2.16. The van der Waals surface area contributed by atoms with Gasteiger partial charge in [-0.25, -0.2) is 0 Å². The standard InChI is InChI=1S/C14H22N2O/c1-4-5-6-9-17-14-7-8-15-10-13(14)11-16-12(2)3/h4,7-8,10,12,16H,1,5-6,9,11H2,2-3H3. The van der Waals surface area contributed by atoms with Crippen LogP contribution in [0.3, 0.4) is 0 Å². The highest BCUT2D eigenvalue weighted by Gasteiger charge is 2.03. The van der Waals surface area contributed by atoms with E-state index in [4.69, 9.17) is 4.74 Å². The smallest absolute Gasteiger partial charge is 0.126 e. The minimum Gasteiger partial charge on any atom is -0.493 e. The molecule has 3 heteroatoms. The van der Waals surface area contributed by atoms with E-state index in [0.29, 0.717) is 6.04 Å². The van der Waals surface area contributed by atoms with E-state index >= 15 is 0 Å². The monoisotopic (exact) mass is 234 g/mol. The van der Waals surface area contributed by atoms with Gasteiger partial charge in [-0.3, -0.25) is 4.98 Å². The lowest BCUT2D eigenvalue weighted by atomic mass is 10.2. The Morgan fingerprint density at radius 1 is 1.53 bits per heavy atom. The number of rotatable bonds is 8. The second-order valence-electron chi connectivity index (χ2n) is 4.30. The number of allylic oxidation sites excluding steroid dienone is 1. The van der Waals surface area contributed by atoms with E-state index < -0.39 is 0 Å². The molecule has 3 nitrogen and oxygen atoms in total. The van der Waals surface area contributed by atoms with E-state index in [9.17, 15) is 0 Å². The Labute approximate surface area is 104 Å². The molecule has 1 aromatic rings. The maximum absolute atomic E-state index is 5.74. The molecule has 94 valence electrons. The molecule has 1 N–H and O–H groups in total. The third-order valence-corrected chi connectivity index (χ3v) is 2.37. The molecule has 0 aliphatic rings. The van der Waals surface area contributed by atoms with Crippen molar-refractivity contribution in [1.82, 2.24) is 10.3 Å². The molecule has 0 radical (unpaired) electrons. The number of unbranched alkanes of at least 4 members (excludes halogenated alkanes) is 1. The van der Waals surface area contributed by atoms with E-state index in [2.05, 4.69) is 30.7 Å². The van der Waals surface area contributed by atoms with Crippen LogP contribution in [0.15, 0.2) is 31.1 Å². The van der Waals surface area contributed by atoms with Gasteiger partial charge in [0, 0.05) is 30.5 Å². The van der Waals surface area contributed by atoms with Crippen molar-refractivity contribution in [2.24, 2.45) is 0 Å². The van der Waals surface area contributed by atoms with E-state index in [1.54, 1.807) is 6.20 Å². The minimum atomic E-state index is 0.462. The normalized spacial score (nSPS) is 10.5. The number of nitrogens with zero attached hydrogens (tertiary/aromatic N) is 1. The van der Waals surface area contributed by atoms with Crippen molar-refractivity contribution in [2.75, 3.05) is 6.61 Å². The number of aromatic nitrogens is 1. The topological polar surface area (TPSA) is 34.1 Å². The van der Waals surface area contributed by atoms with Gasteiger partial charge in [-0.05, 0) is 18.9 Å². The second kappa shape index (κ2) is 7.85. The Balaban J connectivity index is 2.48. The molecule has 0 atom stereocenters. The van der Waals surface area contributed by atoms with Crippen molar-refractivity contribution in [3.63, 3.8) is 0 Å². The van der Waals surface area contributed by atoms with Crippen molar-refractivity contribution >= 4 is 0 Å². The van der Waals surface area contributed by atoms with Crippen molar-refractivity contribution in [3.8, 4) is 5.75 Å². The number of pyridine rings is 1. The Hall–Kier alpha value is -1.35. The van der Waals surface area contributed by atoms with Crippen LogP contribution in [0.4, 0.5) is 0 Å². The molecule has 1 aromatic heterocycles. The predicted molar refractivity (Wildman–Crippen MR) is 71.1 cm³/mol. The summed E-state index contributed by atoms with van der Waals surface area (Å²) >= 11 is 0. The van der Waals surface area contributed by atoms with Crippen LogP contribution in [0.5, 0.6) is 5.75 Å². The lowest BCUT2D eigenvalue weighted by molar-refractivity contribution is 0.307. The summed E-state index contributed by atoms with van der Waals surface area (Å²) in [5, 5.41) is 3.37. The number of hydrogen-bond donors (Lipinski definition) is 1. The summed E-state index contributed by atoms with van der Waals surface area (Å²) in [6.45, 7) is 9.47. The molecule has 17 heavy (non-hydrogen) atoms. The number of ether oxygens (including phenoxy) is 1. The summed E-state index contributed by atoms with van der Waals surface area (Å²) in [6.07, 6.45) is 7.53. The molecule has 0 bridgehead atoms. The first-order valence-corrected chi connectivity index (χ1v) is 6.14. The zero-order chi connectivity index (χ0) is 12.5. The first kappa shape index (κ1) is 13.7. The van der Waals surface area contributed by atoms with E-state index in [-0.39, 0.29) is 0 Å². The van der Waals surface area contributed by atoms with Gasteiger partial charge in [0.05, 0.1) is 6.61 Å². The first-order chi connectivity index (χ1) is 8.24. The van der Waals surface area contributed by atoms with Crippen LogP contribution in [-0.2, 0) is 6.54 Å². The van der Waals surface area contributed by atoms with Crippen LogP contribution >= 0.6 is 0 Å². The lowest BCUT2D eigenvalue weighted by Crippen LogP contribution is -2.22. The average Bonchev–Trinajstić information content (AvgIpc) is 2.33. The summed E-state index contributed by atoms with van der Waals surface area (Å²) in [7, 11) is 0. The van der Waals surface area contributed by atoms with Gasteiger partial charge in [0.15, 0.2) is 0 Å².